The summed E-state index contributed by atoms with van der Waals surface area (Å²) in [5.41, 5.74) is 0. The second-order valence-electron chi connectivity index (χ2n) is 24.3. The van der Waals surface area contributed by atoms with E-state index in [1.807, 2.05) is 33.3 Å². The first-order valence-corrected chi connectivity index (χ1v) is 35.8. The number of nitrogens with zero attached hydrogens (tertiary/aromatic N) is 1. The maximum absolute atomic E-state index is 13.6. The summed E-state index contributed by atoms with van der Waals surface area (Å²) in [5.74, 6) is -0.562. The van der Waals surface area contributed by atoms with Crippen LogP contribution in [0.5, 0.6) is 0 Å². The Morgan fingerprint density at radius 1 is 0.432 bits per heavy atom. The van der Waals surface area contributed by atoms with Gasteiger partial charge in [0.1, 0.15) is 19.3 Å². The van der Waals surface area contributed by atoms with Crippen LogP contribution in [0.3, 0.4) is 0 Å². The van der Waals surface area contributed by atoms with Gasteiger partial charge in [0, 0.05) is 12.8 Å². The van der Waals surface area contributed by atoms with E-state index >= 15 is 0 Å². The van der Waals surface area contributed by atoms with Crippen LogP contribution in [0, 0.1) is 0 Å². The lowest BCUT2D eigenvalue weighted by Gasteiger charge is -2.27. The highest BCUT2D eigenvalue weighted by Crippen LogP contribution is 2.43. The SMILES string of the molecule is CCCCC/C=C\C/C=C\C/C=C\C/C=C\CCCC(=O)OC(/C=C\CCCCCCCCCCCCC)C(COP(=O)(O)OCC[N+](C)(C)C)NC(=O)CCCCCCCCCCCCCCCCC/C=C/CCCCCCCC. The zero-order chi connectivity index (χ0) is 59.3. The minimum Gasteiger partial charge on any atom is -0.456 e. The smallest absolute Gasteiger partial charge is 0.456 e. The Kier molecular flexibility index (Phi) is 58.7. The van der Waals surface area contributed by atoms with Crippen LogP contribution in [0.25, 0.3) is 0 Å². The van der Waals surface area contributed by atoms with E-state index in [9.17, 15) is 19.0 Å². The molecule has 0 saturated carbocycles. The first-order valence-electron chi connectivity index (χ1n) is 34.3. The molecule has 81 heavy (non-hydrogen) atoms. The maximum Gasteiger partial charge on any atom is 0.472 e. The van der Waals surface area contributed by atoms with Crippen molar-refractivity contribution in [3.63, 3.8) is 0 Å². The lowest BCUT2D eigenvalue weighted by Crippen LogP contribution is -2.47. The van der Waals surface area contributed by atoms with Gasteiger partial charge in [0.2, 0.25) is 5.91 Å². The number of phosphoric acid groups is 1. The number of likely N-dealkylation sites (N-methyl/N-ethyl adjacent to an activating group) is 1. The highest BCUT2D eigenvalue weighted by molar-refractivity contribution is 7.47. The molecule has 0 aliphatic heterocycles. The summed E-state index contributed by atoms with van der Waals surface area (Å²) in [4.78, 5) is 37.8. The van der Waals surface area contributed by atoms with Gasteiger partial charge in [0.05, 0.1) is 33.8 Å². The number of esters is 1. The van der Waals surface area contributed by atoms with E-state index < -0.39 is 20.0 Å². The van der Waals surface area contributed by atoms with Crippen molar-refractivity contribution in [3.05, 3.63) is 72.9 Å². The van der Waals surface area contributed by atoms with Crippen LogP contribution >= 0.6 is 7.82 Å². The topological polar surface area (TPSA) is 111 Å². The number of hydrogen-bond acceptors (Lipinski definition) is 6. The van der Waals surface area contributed by atoms with E-state index in [1.165, 1.54) is 212 Å². The Morgan fingerprint density at radius 2 is 0.765 bits per heavy atom. The Morgan fingerprint density at radius 3 is 1.19 bits per heavy atom. The Balaban J connectivity index is 5.17. The Hall–Kier alpha value is -2.55. The summed E-state index contributed by atoms with van der Waals surface area (Å²) in [6, 6.07) is -0.872. The van der Waals surface area contributed by atoms with Crippen molar-refractivity contribution in [2.75, 3.05) is 40.9 Å². The lowest BCUT2D eigenvalue weighted by molar-refractivity contribution is -0.870. The summed E-state index contributed by atoms with van der Waals surface area (Å²) in [7, 11) is 1.47. The van der Waals surface area contributed by atoms with Crippen molar-refractivity contribution < 1.29 is 37.3 Å². The number of nitrogens with one attached hydrogen (secondary N) is 1. The molecule has 0 heterocycles. The quantitative estimate of drug-likeness (QED) is 0.0205. The third-order valence-electron chi connectivity index (χ3n) is 15.1. The zero-order valence-electron chi connectivity index (χ0n) is 54.0. The van der Waals surface area contributed by atoms with Gasteiger partial charge in [-0.3, -0.25) is 18.6 Å². The van der Waals surface area contributed by atoms with Crippen LogP contribution in [-0.2, 0) is 27.9 Å². The molecule has 0 aliphatic carbocycles. The van der Waals surface area contributed by atoms with E-state index in [1.54, 1.807) is 0 Å². The average molecular weight is 1160 g/mol. The van der Waals surface area contributed by atoms with Crippen molar-refractivity contribution in [3.8, 4) is 0 Å². The van der Waals surface area contributed by atoms with E-state index in [-0.39, 0.29) is 31.5 Å². The monoisotopic (exact) mass is 1160 g/mol. The molecule has 0 aromatic rings. The Bertz CT molecular complexity index is 1620. The number of allylic oxidation sites excluding steroid dienone is 11. The molecule has 0 rings (SSSR count). The summed E-state index contributed by atoms with van der Waals surface area (Å²) < 4.78 is 30.7. The minimum absolute atomic E-state index is 0.0309. The second-order valence-corrected chi connectivity index (χ2v) is 25.8. The standard InChI is InChI=1S/C71H131N2O7P/c1-7-10-13-16-19-22-25-28-30-32-33-34-35-36-37-38-39-41-42-45-48-51-54-57-60-63-70(74)72-68(67-79-81(76,77)78-66-65-73(4,5)6)69(62-59-56-53-50-47-44-27-24-21-18-15-12-9-3)80-71(75)64-61-58-55-52-49-46-43-40-31-29-26-23-20-17-14-11-8-2/h20,23,28-31,43,46,52,55,59,62,68-69H,7-19,21-22,24-27,32-42,44-45,47-51,53-54,56-58,60-61,63-67H2,1-6H3,(H-,72,74,76,77)/p+1/b23-20-,30-28+,31-29-,46-43-,55-52-,62-59-. The third kappa shape index (κ3) is 61.8. The molecule has 10 heteroatoms. The fourth-order valence-electron chi connectivity index (χ4n) is 9.81. The molecule has 9 nitrogen and oxygen atoms in total. The largest absolute Gasteiger partial charge is 0.472 e. The van der Waals surface area contributed by atoms with E-state index in [2.05, 4.69) is 86.8 Å². The summed E-state index contributed by atoms with van der Waals surface area (Å²) in [6.07, 6.45) is 79.2. The van der Waals surface area contributed by atoms with Crippen LogP contribution in [0.1, 0.15) is 316 Å². The predicted octanol–water partition coefficient (Wildman–Crippen LogP) is 21.6. The third-order valence-corrected chi connectivity index (χ3v) is 16.1. The first kappa shape index (κ1) is 78.5. The van der Waals surface area contributed by atoms with Gasteiger partial charge in [-0.25, -0.2) is 4.57 Å². The highest BCUT2D eigenvalue weighted by atomic mass is 31.2. The van der Waals surface area contributed by atoms with Crippen LogP contribution < -0.4 is 5.32 Å². The van der Waals surface area contributed by atoms with Gasteiger partial charge in [0.15, 0.2) is 0 Å². The number of ether oxygens (including phenoxy) is 1. The van der Waals surface area contributed by atoms with Gasteiger partial charge in [-0.15, -0.1) is 0 Å². The number of amides is 1. The molecule has 0 aromatic heterocycles. The highest BCUT2D eigenvalue weighted by Gasteiger charge is 2.30. The zero-order valence-corrected chi connectivity index (χ0v) is 54.9. The number of carbonyl (C=O) groups excluding carboxylic acids is 2. The van der Waals surface area contributed by atoms with Crippen molar-refractivity contribution in [2.45, 2.75) is 328 Å². The summed E-state index contributed by atoms with van der Waals surface area (Å²) in [5, 5.41) is 3.06. The van der Waals surface area contributed by atoms with Gasteiger partial charge in [0.25, 0.3) is 0 Å². The molecule has 0 saturated heterocycles. The van der Waals surface area contributed by atoms with E-state index in [0.717, 1.165) is 64.2 Å². The molecule has 3 unspecified atom stereocenters. The van der Waals surface area contributed by atoms with Crippen molar-refractivity contribution in [1.29, 1.82) is 0 Å². The molecule has 2 N–H and O–H groups in total. The Labute approximate surface area is 502 Å². The maximum atomic E-state index is 13.6. The summed E-state index contributed by atoms with van der Waals surface area (Å²) >= 11 is 0. The number of rotatable bonds is 62. The fourth-order valence-corrected chi connectivity index (χ4v) is 10.5. The van der Waals surface area contributed by atoms with Gasteiger partial charge < -0.3 is 19.4 Å². The molecule has 0 fully saturated rings. The second kappa shape index (κ2) is 60.6. The van der Waals surface area contributed by atoms with Crippen LogP contribution in [0.2, 0.25) is 0 Å². The number of hydrogen-bond donors (Lipinski definition) is 2. The molecule has 0 aliphatic rings. The molecular weight excluding hydrogens is 1020 g/mol. The number of quaternary nitrogens is 1. The fraction of sp³-hybridized carbons (Fsp3) is 0.803. The van der Waals surface area contributed by atoms with Gasteiger partial charge in [-0.05, 0) is 96.0 Å². The number of phosphoric ester groups is 1. The van der Waals surface area contributed by atoms with Gasteiger partial charge in [-0.1, -0.05) is 280 Å². The first-order chi connectivity index (χ1) is 39.4. The molecule has 0 aromatic carbocycles. The molecule has 1 amide bonds. The number of unbranched alkanes of at least 4 members (excludes halogenated alkanes) is 36. The van der Waals surface area contributed by atoms with Gasteiger partial charge in [-0.2, -0.15) is 0 Å². The molecule has 0 radical (unpaired) electrons. The lowest BCUT2D eigenvalue weighted by atomic mass is 10.0. The van der Waals surface area contributed by atoms with E-state index in [0.29, 0.717) is 23.9 Å². The molecule has 3 atom stereocenters. The minimum atomic E-state index is -4.47. The number of carbonyl (C=O) groups is 2. The van der Waals surface area contributed by atoms with Crippen LogP contribution in [0.4, 0.5) is 0 Å². The van der Waals surface area contributed by atoms with Crippen LogP contribution in [-0.4, -0.2) is 74.3 Å². The van der Waals surface area contributed by atoms with Crippen molar-refractivity contribution in [1.82, 2.24) is 5.32 Å². The molecular formula is C71H132N2O7P+. The summed E-state index contributed by atoms with van der Waals surface area (Å²) in [6.45, 7) is 6.98. The normalized spacial score (nSPS) is 14.0. The van der Waals surface area contributed by atoms with E-state index in [4.69, 9.17) is 13.8 Å². The molecule has 472 valence electrons. The van der Waals surface area contributed by atoms with Gasteiger partial charge >= 0.3 is 13.8 Å². The molecule has 0 spiro atoms. The van der Waals surface area contributed by atoms with Crippen molar-refractivity contribution in [2.24, 2.45) is 0 Å². The predicted molar refractivity (Wildman–Crippen MR) is 351 cm³/mol. The molecule has 0 bridgehead atoms. The average Bonchev–Trinajstić information content (AvgIpc) is 3.44. The van der Waals surface area contributed by atoms with Crippen molar-refractivity contribution >= 4 is 19.7 Å². The van der Waals surface area contributed by atoms with Crippen LogP contribution in [0.15, 0.2) is 72.9 Å².